The molecule has 3 atom stereocenters. The van der Waals surface area contributed by atoms with Crippen molar-refractivity contribution < 1.29 is 14.6 Å². The summed E-state index contributed by atoms with van der Waals surface area (Å²) in [5.74, 6) is -0.820. The zero-order valence-corrected chi connectivity index (χ0v) is 10.9. The van der Waals surface area contributed by atoms with Gasteiger partial charge in [-0.25, -0.2) is 0 Å². The van der Waals surface area contributed by atoms with Gasteiger partial charge in [-0.2, -0.15) is 0 Å². The minimum absolute atomic E-state index is 0.248. The van der Waals surface area contributed by atoms with Crippen LogP contribution in [-0.2, 0) is 9.53 Å². The van der Waals surface area contributed by atoms with Gasteiger partial charge >= 0.3 is 5.97 Å². The Balaban J connectivity index is 1.71. The standard InChI is InChI=1S/C15H19NO3/c17-15(18)14(11-4-2-1-3-5-11)12-10-13(12)16-6-8-19-9-7-16/h1-5,12-14H,6-10H2,(H,17,18)/t12?,13?,14-/m1/s1. The highest BCUT2D eigenvalue weighted by Crippen LogP contribution is 2.46. The van der Waals surface area contributed by atoms with Crippen LogP contribution in [0, 0.1) is 5.92 Å². The van der Waals surface area contributed by atoms with Crippen LogP contribution in [0.4, 0.5) is 0 Å². The number of benzene rings is 1. The first-order chi connectivity index (χ1) is 9.27. The Hall–Kier alpha value is -1.39. The van der Waals surface area contributed by atoms with E-state index in [4.69, 9.17) is 4.74 Å². The maximum Gasteiger partial charge on any atom is 0.311 e. The Kier molecular flexibility index (Phi) is 3.53. The van der Waals surface area contributed by atoms with E-state index in [1.54, 1.807) is 0 Å². The van der Waals surface area contributed by atoms with Gasteiger partial charge in [-0.1, -0.05) is 30.3 Å². The van der Waals surface area contributed by atoms with Gasteiger partial charge in [0, 0.05) is 19.1 Å². The van der Waals surface area contributed by atoms with Crippen LogP contribution in [0.1, 0.15) is 17.9 Å². The number of carboxylic acid groups (broad SMARTS) is 1. The monoisotopic (exact) mass is 261 g/mol. The van der Waals surface area contributed by atoms with Crippen LogP contribution in [0.3, 0.4) is 0 Å². The highest BCUT2D eigenvalue weighted by atomic mass is 16.5. The van der Waals surface area contributed by atoms with Gasteiger partial charge in [-0.05, 0) is 17.9 Å². The van der Waals surface area contributed by atoms with Gasteiger partial charge in [0.05, 0.1) is 19.1 Å². The van der Waals surface area contributed by atoms with E-state index in [9.17, 15) is 9.90 Å². The van der Waals surface area contributed by atoms with Crippen molar-refractivity contribution >= 4 is 5.97 Å². The van der Waals surface area contributed by atoms with E-state index >= 15 is 0 Å². The number of rotatable bonds is 4. The topological polar surface area (TPSA) is 49.8 Å². The fraction of sp³-hybridized carbons (Fsp3) is 0.533. The minimum Gasteiger partial charge on any atom is -0.481 e. The van der Waals surface area contributed by atoms with Crippen molar-refractivity contribution in [1.29, 1.82) is 0 Å². The van der Waals surface area contributed by atoms with Crippen molar-refractivity contribution in [1.82, 2.24) is 4.90 Å². The Morgan fingerprint density at radius 1 is 1.26 bits per heavy atom. The maximum atomic E-state index is 11.6. The lowest BCUT2D eigenvalue weighted by Gasteiger charge is -2.27. The lowest BCUT2D eigenvalue weighted by atomic mass is 9.94. The first-order valence-corrected chi connectivity index (χ1v) is 6.87. The van der Waals surface area contributed by atoms with Gasteiger partial charge in [0.15, 0.2) is 0 Å². The number of hydrogen-bond acceptors (Lipinski definition) is 3. The third-order valence-electron chi connectivity index (χ3n) is 4.17. The number of ether oxygens (including phenoxy) is 1. The summed E-state index contributed by atoms with van der Waals surface area (Å²) < 4.78 is 5.35. The summed E-state index contributed by atoms with van der Waals surface area (Å²) in [6, 6.07) is 10.0. The molecule has 0 radical (unpaired) electrons. The summed E-state index contributed by atoms with van der Waals surface area (Å²) >= 11 is 0. The quantitative estimate of drug-likeness (QED) is 0.894. The molecule has 2 fully saturated rings. The highest BCUT2D eigenvalue weighted by Gasteiger charge is 2.49. The van der Waals surface area contributed by atoms with E-state index in [-0.39, 0.29) is 11.8 Å². The molecule has 1 aliphatic heterocycles. The summed E-state index contributed by atoms with van der Waals surface area (Å²) in [5, 5.41) is 9.51. The number of carboxylic acids is 1. The van der Waals surface area contributed by atoms with Gasteiger partial charge < -0.3 is 9.84 Å². The normalized spacial score (nSPS) is 28.8. The van der Waals surface area contributed by atoms with Crippen LogP contribution in [0.15, 0.2) is 30.3 Å². The molecule has 4 heteroatoms. The predicted octanol–water partition coefficient (Wildman–Crippen LogP) is 1.58. The molecule has 1 saturated carbocycles. The SMILES string of the molecule is O=C(O)[C@H](c1ccccc1)C1CC1N1CCOCC1. The molecule has 1 aromatic carbocycles. The molecule has 2 aliphatic rings. The lowest BCUT2D eigenvalue weighted by molar-refractivity contribution is -0.139. The van der Waals surface area contributed by atoms with E-state index in [1.165, 1.54) is 0 Å². The lowest BCUT2D eigenvalue weighted by Crippen LogP contribution is -2.39. The largest absolute Gasteiger partial charge is 0.481 e. The van der Waals surface area contributed by atoms with E-state index in [1.807, 2.05) is 30.3 Å². The average molecular weight is 261 g/mol. The fourth-order valence-electron chi connectivity index (χ4n) is 3.12. The van der Waals surface area contributed by atoms with Crippen molar-refractivity contribution in [2.24, 2.45) is 5.92 Å². The fourth-order valence-corrected chi connectivity index (χ4v) is 3.12. The molecule has 1 heterocycles. The molecule has 0 spiro atoms. The van der Waals surface area contributed by atoms with Gasteiger partial charge in [-0.3, -0.25) is 9.69 Å². The summed E-state index contributed by atoms with van der Waals surface area (Å²) in [7, 11) is 0. The first-order valence-electron chi connectivity index (χ1n) is 6.87. The second-order valence-corrected chi connectivity index (χ2v) is 5.34. The summed E-state index contributed by atoms with van der Waals surface area (Å²) in [5.41, 5.74) is 0.927. The summed E-state index contributed by atoms with van der Waals surface area (Å²) in [6.07, 6.45) is 0.992. The van der Waals surface area contributed by atoms with Crippen LogP contribution in [0.5, 0.6) is 0 Å². The number of hydrogen-bond donors (Lipinski definition) is 1. The number of carbonyl (C=O) groups is 1. The molecule has 1 aromatic rings. The van der Waals surface area contributed by atoms with E-state index in [0.717, 1.165) is 38.3 Å². The molecule has 3 rings (SSSR count). The van der Waals surface area contributed by atoms with Crippen LogP contribution >= 0.6 is 0 Å². The Morgan fingerprint density at radius 3 is 2.58 bits per heavy atom. The van der Waals surface area contributed by atoms with Gasteiger partial charge in [0.25, 0.3) is 0 Å². The Morgan fingerprint density at radius 2 is 1.95 bits per heavy atom. The Labute approximate surface area is 113 Å². The molecule has 2 unspecified atom stereocenters. The van der Waals surface area contributed by atoms with Crippen molar-refractivity contribution in [3.8, 4) is 0 Å². The van der Waals surface area contributed by atoms with Gasteiger partial charge in [0.2, 0.25) is 0 Å². The smallest absolute Gasteiger partial charge is 0.311 e. The highest BCUT2D eigenvalue weighted by molar-refractivity contribution is 5.77. The molecule has 1 saturated heterocycles. The zero-order valence-electron chi connectivity index (χ0n) is 10.9. The summed E-state index contributed by atoms with van der Waals surface area (Å²) in [4.78, 5) is 13.9. The second-order valence-electron chi connectivity index (χ2n) is 5.34. The van der Waals surface area contributed by atoms with Crippen LogP contribution in [0.2, 0.25) is 0 Å². The number of aliphatic carboxylic acids is 1. The van der Waals surface area contributed by atoms with E-state index < -0.39 is 5.97 Å². The third kappa shape index (κ3) is 2.65. The summed E-state index contributed by atoms with van der Waals surface area (Å²) in [6.45, 7) is 3.41. The van der Waals surface area contributed by atoms with Gasteiger partial charge in [0.1, 0.15) is 0 Å². The van der Waals surface area contributed by atoms with Crippen LogP contribution in [0.25, 0.3) is 0 Å². The van der Waals surface area contributed by atoms with Crippen molar-refractivity contribution in [2.45, 2.75) is 18.4 Å². The van der Waals surface area contributed by atoms with Crippen LogP contribution < -0.4 is 0 Å². The predicted molar refractivity (Wildman–Crippen MR) is 71.1 cm³/mol. The maximum absolute atomic E-state index is 11.6. The second kappa shape index (κ2) is 5.31. The molecule has 0 bridgehead atoms. The molecular weight excluding hydrogens is 242 g/mol. The average Bonchev–Trinajstić information content (AvgIpc) is 3.21. The van der Waals surface area contributed by atoms with E-state index in [0.29, 0.717) is 6.04 Å². The number of nitrogens with zero attached hydrogens (tertiary/aromatic N) is 1. The van der Waals surface area contributed by atoms with Gasteiger partial charge in [-0.15, -0.1) is 0 Å². The molecule has 4 nitrogen and oxygen atoms in total. The third-order valence-corrected chi connectivity index (χ3v) is 4.17. The molecule has 19 heavy (non-hydrogen) atoms. The van der Waals surface area contributed by atoms with E-state index in [2.05, 4.69) is 4.90 Å². The molecule has 1 N–H and O–H groups in total. The molecule has 1 aliphatic carbocycles. The minimum atomic E-state index is -0.702. The number of morpholine rings is 1. The van der Waals surface area contributed by atoms with Crippen molar-refractivity contribution in [3.05, 3.63) is 35.9 Å². The zero-order chi connectivity index (χ0) is 13.2. The molecule has 0 amide bonds. The van der Waals surface area contributed by atoms with Crippen molar-refractivity contribution in [2.75, 3.05) is 26.3 Å². The molecular formula is C15H19NO3. The first kappa shape index (κ1) is 12.6. The van der Waals surface area contributed by atoms with Crippen molar-refractivity contribution in [3.63, 3.8) is 0 Å². The Bertz CT molecular complexity index is 442. The molecule has 0 aromatic heterocycles. The van der Waals surface area contributed by atoms with Crippen LogP contribution in [-0.4, -0.2) is 48.3 Å². The molecule has 102 valence electrons.